The van der Waals surface area contributed by atoms with Crippen LogP contribution in [0.25, 0.3) is 0 Å². The first-order chi connectivity index (χ1) is 8.29. The number of alkyl halides is 1. The molecule has 0 unspecified atom stereocenters. The van der Waals surface area contributed by atoms with Crippen molar-refractivity contribution in [1.29, 1.82) is 0 Å². The smallest absolute Gasteiger partial charge is 0.338 e. The van der Waals surface area contributed by atoms with Gasteiger partial charge in [-0.3, -0.25) is 0 Å². The minimum Gasteiger partial charge on any atom is -0.459 e. The number of carbonyl (C=O) groups excluding carboxylic acids is 1. The van der Waals surface area contributed by atoms with Crippen LogP contribution < -0.4 is 0 Å². The van der Waals surface area contributed by atoms with Gasteiger partial charge >= 0.3 is 5.97 Å². The van der Waals surface area contributed by atoms with Gasteiger partial charge in [0.15, 0.2) is 0 Å². The third-order valence-corrected chi connectivity index (χ3v) is 3.82. The molecule has 2 rings (SSSR count). The summed E-state index contributed by atoms with van der Waals surface area (Å²) in [7, 11) is 0. The molecule has 3 heteroatoms. The van der Waals surface area contributed by atoms with Crippen molar-refractivity contribution in [2.24, 2.45) is 0 Å². The molecule has 17 heavy (non-hydrogen) atoms. The molecule has 1 aliphatic rings. The van der Waals surface area contributed by atoms with Gasteiger partial charge in [0.25, 0.3) is 0 Å². The van der Waals surface area contributed by atoms with Crippen molar-refractivity contribution in [1.82, 2.24) is 0 Å². The van der Waals surface area contributed by atoms with Crippen LogP contribution in [0.15, 0.2) is 24.3 Å². The van der Waals surface area contributed by atoms with Gasteiger partial charge in [-0.15, -0.1) is 0 Å². The summed E-state index contributed by atoms with van der Waals surface area (Å²) in [6, 6.07) is 7.57. The highest BCUT2D eigenvalue weighted by atomic mass is 79.9. The van der Waals surface area contributed by atoms with E-state index in [2.05, 4.69) is 15.9 Å². The van der Waals surface area contributed by atoms with Crippen LogP contribution >= 0.6 is 15.9 Å². The molecule has 0 bridgehead atoms. The second kappa shape index (κ2) is 6.20. The standard InChI is InChI=1S/C14H17BrO2/c15-10-11-6-8-12(9-7-11)14(16)17-13-4-2-1-3-5-13/h6-9,13H,1-5,10H2. The van der Waals surface area contributed by atoms with E-state index in [1.165, 1.54) is 24.8 Å². The van der Waals surface area contributed by atoms with Crippen LogP contribution in [0, 0.1) is 0 Å². The van der Waals surface area contributed by atoms with Gasteiger partial charge in [-0.1, -0.05) is 34.5 Å². The highest BCUT2D eigenvalue weighted by Crippen LogP contribution is 2.21. The largest absolute Gasteiger partial charge is 0.459 e. The third-order valence-electron chi connectivity index (χ3n) is 3.17. The van der Waals surface area contributed by atoms with E-state index in [9.17, 15) is 4.79 Å². The van der Waals surface area contributed by atoms with Gasteiger partial charge in [0.05, 0.1) is 5.56 Å². The maximum absolute atomic E-state index is 11.9. The molecule has 1 aromatic carbocycles. The highest BCUT2D eigenvalue weighted by molar-refractivity contribution is 9.08. The molecule has 0 spiro atoms. The zero-order valence-corrected chi connectivity index (χ0v) is 11.4. The summed E-state index contributed by atoms with van der Waals surface area (Å²) >= 11 is 3.38. The number of halogens is 1. The van der Waals surface area contributed by atoms with Crippen LogP contribution in [0.4, 0.5) is 0 Å². The summed E-state index contributed by atoms with van der Waals surface area (Å²) in [4.78, 5) is 11.9. The van der Waals surface area contributed by atoms with E-state index < -0.39 is 0 Å². The summed E-state index contributed by atoms with van der Waals surface area (Å²) in [6.07, 6.45) is 5.80. The number of benzene rings is 1. The van der Waals surface area contributed by atoms with Crippen molar-refractivity contribution in [2.45, 2.75) is 43.5 Å². The number of hydrogen-bond acceptors (Lipinski definition) is 2. The monoisotopic (exact) mass is 296 g/mol. The van der Waals surface area contributed by atoms with E-state index in [1.807, 2.05) is 24.3 Å². The Morgan fingerprint density at radius 3 is 2.41 bits per heavy atom. The molecule has 0 saturated heterocycles. The Hall–Kier alpha value is -0.830. The zero-order valence-electron chi connectivity index (χ0n) is 9.82. The lowest BCUT2D eigenvalue weighted by atomic mass is 9.98. The first-order valence-electron chi connectivity index (χ1n) is 6.15. The molecule has 2 nitrogen and oxygen atoms in total. The average molecular weight is 297 g/mol. The molecule has 0 amide bonds. The summed E-state index contributed by atoms with van der Waals surface area (Å²) in [5.41, 5.74) is 1.82. The predicted molar refractivity (Wildman–Crippen MR) is 71.4 cm³/mol. The Morgan fingerprint density at radius 1 is 1.18 bits per heavy atom. The Morgan fingerprint density at radius 2 is 1.82 bits per heavy atom. The molecular weight excluding hydrogens is 280 g/mol. The SMILES string of the molecule is O=C(OC1CCCCC1)c1ccc(CBr)cc1. The van der Waals surface area contributed by atoms with Crippen molar-refractivity contribution in [3.8, 4) is 0 Å². The van der Waals surface area contributed by atoms with Gasteiger partial charge in [-0.2, -0.15) is 0 Å². The van der Waals surface area contributed by atoms with Gasteiger partial charge in [-0.25, -0.2) is 4.79 Å². The van der Waals surface area contributed by atoms with Gasteiger partial charge in [0.2, 0.25) is 0 Å². The Kier molecular flexibility index (Phi) is 4.60. The topological polar surface area (TPSA) is 26.3 Å². The molecule has 1 aliphatic carbocycles. The van der Waals surface area contributed by atoms with E-state index in [-0.39, 0.29) is 12.1 Å². The lowest BCUT2D eigenvalue weighted by molar-refractivity contribution is 0.0211. The summed E-state index contributed by atoms with van der Waals surface area (Å²) < 4.78 is 5.50. The molecule has 92 valence electrons. The van der Waals surface area contributed by atoms with Crippen molar-refractivity contribution in [3.63, 3.8) is 0 Å². The van der Waals surface area contributed by atoms with E-state index in [1.54, 1.807) is 0 Å². The summed E-state index contributed by atoms with van der Waals surface area (Å²) in [6.45, 7) is 0. The number of carbonyl (C=O) groups is 1. The third kappa shape index (κ3) is 3.56. The molecule has 0 aliphatic heterocycles. The normalized spacial score (nSPS) is 16.8. The van der Waals surface area contributed by atoms with Crippen LogP contribution in [-0.4, -0.2) is 12.1 Å². The second-order valence-corrected chi connectivity index (χ2v) is 5.06. The minimum absolute atomic E-state index is 0.132. The fourth-order valence-corrected chi connectivity index (χ4v) is 2.51. The van der Waals surface area contributed by atoms with Gasteiger partial charge in [0.1, 0.15) is 6.10 Å². The molecule has 1 fully saturated rings. The molecule has 1 aromatic rings. The van der Waals surface area contributed by atoms with Crippen LogP contribution in [0.5, 0.6) is 0 Å². The number of ether oxygens (including phenoxy) is 1. The molecule has 0 radical (unpaired) electrons. The van der Waals surface area contributed by atoms with Crippen LogP contribution in [0.3, 0.4) is 0 Å². The zero-order chi connectivity index (χ0) is 12.1. The van der Waals surface area contributed by atoms with Gasteiger partial charge < -0.3 is 4.74 Å². The van der Waals surface area contributed by atoms with E-state index in [4.69, 9.17) is 4.74 Å². The van der Waals surface area contributed by atoms with Gasteiger partial charge in [-0.05, 0) is 43.4 Å². The van der Waals surface area contributed by atoms with Gasteiger partial charge in [0, 0.05) is 5.33 Å². The van der Waals surface area contributed by atoms with Crippen molar-refractivity contribution < 1.29 is 9.53 Å². The molecule has 0 atom stereocenters. The molecule has 0 N–H and O–H groups in total. The van der Waals surface area contributed by atoms with Crippen molar-refractivity contribution >= 4 is 21.9 Å². The lowest BCUT2D eigenvalue weighted by Crippen LogP contribution is -2.20. The van der Waals surface area contributed by atoms with E-state index in [0.717, 1.165) is 18.2 Å². The van der Waals surface area contributed by atoms with Crippen molar-refractivity contribution in [2.75, 3.05) is 0 Å². The van der Waals surface area contributed by atoms with Crippen molar-refractivity contribution in [3.05, 3.63) is 35.4 Å². The number of esters is 1. The number of rotatable bonds is 3. The molecule has 0 heterocycles. The Balaban J connectivity index is 1.93. The first-order valence-corrected chi connectivity index (χ1v) is 7.27. The maximum Gasteiger partial charge on any atom is 0.338 e. The van der Waals surface area contributed by atoms with Crippen LogP contribution in [0.2, 0.25) is 0 Å². The van der Waals surface area contributed by atoms with Crippen LogP contribution in [0.1, 0.15) is 48.0 Å². The molecule has 1 saturated carbocycles. The first kappa shape index (κ1) is 12.6. The predicted octanol–water partition coefficient (Wildman–Crippen LogP) is 4.07. The summed E-state index contributed by atoms with van der Waals surface area (Å²) in [5, 5.41) is 0.810. The average Bonchev–Trinajstić information content (AvgIpc) is 2.40. The lowest BCUT2D eigenvalue weighted by Gasteiger charge is -2.21. The molecular formula is C14H17BrO2. The second-order valence-electron chi connectivity index (χ2n) is 4.50. The number of hydrogen-bond donors (Lipinski definition) is 0. The van der Waals surface area contributed by atoms with E-state index in [0.29, 0.717) is 5.56 Å². The molecule has 0 aromatic heterocycles. The Bertz CT molecular complexity index is 366. The highest BCUT2D eigenvalue weighted by Gasteiger charge is 2.18. The fourth-order valence-electron chi connectivity index (χ4n) is 2.13. The minimum atomic E-state index is -0.182. The summed E-state index contributed by atoms with van der Waals surface area (Å²) in [5.74, 6) is -0.182. The maximum atomic E-state index is 11.9. The Labute approximate surface area is 110 Å². The van der Waals surface area contributed by atoms with Crippen LogP contribution in [-0.2, 0) is 10.1 Å². The van der Waals surface area contributed by atoms with E-state index >= 15 is 0 Å². The quantitative estimate of drug-likeness (QED) is 0.621. The fraction of sp³-hybridized carbons (Fsp3) is 0.500.